The van der Waals surface area contributed by atoms with Gasteiger partial charge in [0.15, 0.2) is 0 Å². The van der Waals surface area contributed by atoms with Crippen LogP contribution in [0.15, 0.2) is 72.1 Å². The summed E-state index contributed by atoms with van der Waals surface area (Å²) in [6.45, 7) is 1.02. The molecule has 0 saturated carbocycles. The van der Waals surface area contributed by atoms with E-state index in [1.54, 1.807) is 16.2 Å². The highest BCUT2D eigenvalue weighted by molar-refractivity contribution is 7.09. The lowest BCUT2D eigenvalue weighted by atomic mass is 9.73. The third-order valence-electron chi connectivity index (χ3n) is 6.57. The van der Waals surface area contributed by atoms with Crippen molar-refractivity contribution in [3.8, 4) is 11.1 Å². The molecular formula is C27H30N2O3S. The lowest BCUT2D eigenvalue weighted by Crippen LogP contribution is -2.52. The van der Waals surface area contributed by atoms with Crippen LogP contribution in [0.25, 0.3) is 11.1 Å². The first-order chi connectivity index (χ1) is 16.0. The fraction of sp³-hybridized carbons (Fsp3) is 0.333. The van der Waals surface area contributed by atoms with Gasteiger partial charge in [-0.1, -0.05) is 60.7 Å². The van der Waals surface area contributed by atoms with E-state index < -0.39 is 11.5 Å². The Hall–Kier alpha value is -2.96. The van der Waals surface area contributed by atoms with Crippen LogP contribution in [0.4, 0.5) is 0 Å². The number of rotatable bonds is 7. The molecule has 1 aromatic heterocycles. The number of carbonyl (C=O) groups is 2. The zero-order chi connectivity index (χ0) is 23.3. The van der Waals surface area contributed by atoms with E-state index in [-0.39, 0.29) is 11.9 Å². The number of hydrogen-bond donors (Lipinski definition) is 1. The normalized spacial score (nSPS) is 16.2. The van der Waals surface area contributed by atoms with Gasteiger partial charge in [0, 0.05) is 24.4 Å². The van der Waals surface area contributed by atoms with Crippen LogP contribution in [0.5, 0.6) is 0 Å². The van der Waals surface area contributed by atoms with Crippen molar-refractivity contribution >= 4 is 23.2 Å². The molecule has 2 heterocycles. The zero-order valence-electron chi connectivity index (χ0n) is 18.9. The van der Waals surface area contributed by atoms with Crippen molar-refractivity contribution in [2.24, 2.45) is 11.1 Å². The molecule has 3 aromatic rings. The zero-order valence-corrected chi connectivity index (χ0v) is 19.7. The number of benzene rings is 2. The molecule has 172 valence electrons. The van der Waals surface area contributed by atoms with Crippen LogP contribution < -0.4 is 5.73 Å². The van der Waals surface area contributed by atoms with Crippen LogP contribution in [0.3, 0.4) is 0 Å². The molecule has 1 atom stereocenters. The number of amides is 1. The molecule has 1 amide bonds. The number of methoxy groups -OCH3 is 1. The second-order valence-corrected chi connectivity index (χ2v) is 9.76. The number of piperidine rings is 1. The van der Waals surface area contributed by atoms with Gasteiger partial charge in [0.2, 0.25) is 5.91 Å². The molecule has 2 aromatic carbocycles. The molecule has 0 aliphatic carbocycles. The maximum Gasteiger partial charge on any atom is 0.312 e. The molecule has 0 bridgehead atoms. The van der Waals surface area contributed by atoms with Gasteiger partial charge in [-0.05, 0) is 47.4 Å². The molecule has 1 aliphatic heterocycles. The van der Waals surface area contributed by atoms with Gasteiger partial charge in [-0.3, -0.25) is 9.59 Å². The van der Waals surface area contributed by atoms with E-state index in [2.05, 4.69) is 36.4 Å². The minimum atomic E-state index is -0.627. The van der Waals surface area contributed by atoms with Gasteiger partial charge < -0.3 is 15.4 Å². The van der Waals surface area contributed by atoms with E-state index in [9.17, 15) is 9.59 Å². The van der Waals surface area contributed by atoms with E-state index in [1.807, 2.05) is 35.7 Å². The van der Waals surface area contributed by atoms with Crippen molar-refractivity contribution < 1.29 is 14.3 Å². The number of nitrogens with two attached hydrogens (primary N) is 1. The summed E-state index contributed by atoms with van der Waals surface area (Å²) < 4.78 is 5.21. The summed E-state index contributed by atoms with van der Waals surface area (Å²) in [5, 5.41) is 1.99. The summed E-state index contributed by atoms with van der Waals surface area (Å²) in [4.78, 5) is 28.7. The molecular weight excluding hydrogens is 432 g/mol. The number of nitrogens with zero attached hydrogens (tertiary/aromatic N) is 1. The maximum absolute atomic E-state index is 12.9. The highest BCUT2D eigenvalue weighted by Gasteiger charge is 2.43. The largest absolute Gasteiger partial charge is 0.469 e. The monoisotopic (exact) mass is 462 g/mol. The highest BCUT2D eigenvalue weighted by atomic mass is 32.1. The maximum atomic E-state index is 12.9. The molecule has 2 N–H and O–H groups in total. The van der Waals surface area contributed by atoms with Gasteiger partial charge in [-0.15, -0.1) is 11.3 Å². The number of hydrogen-bond acceptors (Lipinski definition) is 5. The summed E-state index contributed by atoms with van der Waals surface area (Å²) in [5.41, 5.74) is 8.98. The number of ether oxygens (including phenoxy) is 1. The first-order valence-electron chi connectivity index (χ1n) is 11.3. The standard InChI is InChI=1S/C27H30N2O3S/c1-32-26(31)27(19-20-9-11-22(12-10-20)21-6-3-2-4-7-21)13-15-29(16-14-27)25(30)24(28)18-23-8-5-17-33-23/h2-12,17,24H,13-16,18-19,28H2,1H3/t24-/m0/s1. The van der Waals surface area contributed by atoms with Gasteiger partial charge in [0.1, 0.15) is 0 Å². The van der Waals surface area contributed by atoms with Gasteiger partial charge >= 0.3 is 5.97 Å². The molecule has 0 spiro atoms. The molecule has 6 heteroatoms. The lowest BCUT2D eigenvalue weighted by molar-refractivity contribution is -0.158. The van der Waals surface area contributed by atoms with Crippen LogP contribution >= 0.6 is 11.3 Å². The van der Waals surface area contributed by atoms with Crippen molar-refractivity contribution in [1.82, 2.24) is 4.90 Å². The van der Waals surface area contributed by atoms with Crippen molar-refractivity contribution in [2.75, 3.05) is 20.2 Å². The molecule has 5 nitrogen and oxygen atoms in total. The van der Waals surface area contributed by atoms with Crippen molar-refractivity contribution in [3.05, 3.63) is 82.6 Å². The van der Waals surface area contributed by atoms with E-state index >= 15 is 0 Å². The predicted octanol–water partition coefficient (Wildman–Crippen LogP) is 4.31. The van der Waals surface area contributed by atoms with Crippen LogP contribution in [0, 0.1) is 5.41 Å². The van der Waals surface area contributed by atoms with Gasteiger partial charge in [-0.25, -0.2) is 0 Å². The average Bonchev–Trinajstić information content (AvgIpc) is 3.37. The summed E-state index contributed by atoms with van der Waals surface area (Å²) in [6, 6.07) is 22.0. The smallest absolute Gasteiger partial charge is 0.312 e. The molecule has 1 fully saturated rings. The minimum absolute atomic E-state index is 0.0471. The Morgan fingerprint density at radius 3 is 2.27 bits per heavy atom. The van der Waals surface area contributed by atoms with Crippen LogP contribution in [0.2, 0.25) is 0 Å². The summed E-state index contributed by atoms with van der Waals surface area (Å²) in [6.07, 6.45) is 2.27. The Kier molecular flexibility index (Phi) is 7.26. The fourth-order valence-corrected chi connectivity index (χ4v) is 5.39. The number of esters is 1. The molecule has 0 unspecified atom stereocenters. The quantitative estimate of drug-likeness (QED) is 0.531. The van der Waals surface area contributed by atoms with Crippen LogP contribution in [-0.2, 0) is 27.2 Å². The van der Waals surface area contributed by atoms with E-state index in [0.717, 1.165) is 21.6 Å². The second kappa shape index (κ2) is 10.3. The Labute approximate surface area is 199 Å². The molecule has 1 aliphatic rings. The Balaban J connectivity index is 1.42. The van der Waals surface area contributed by atoms with Crippen molar-refractivity contribution in [3.63, 3.8) is 0 Å². The highest BCUT2D eigenvalue weighted by Crippen LogP contribution is 2.37. The SMILES string of the molecule is COC(=O)C1(Cc2ccc(-c3ccccc3)cc2)CCN(C(=O)[C@@H](N)Cc2cccs2)CC1. The number of likely N-dealkylation sites (tertiary alicyclic amines) is 1. The molecule has 0 radical (unpaired) electrons. The van der Waals surface area contributed by atoms with Crippen molar-refractivity contribution in [2.45, 2.75) is 31.7 Å². The van der Waals surface area contributed by atoms with Crippen LogP contribution in [-0.4, -0.2) is 43.0 Å². The van der Waals surface area contributed by atoms with Gasteiger partial charge in [0.05, 0.1) is 18.6 Å². The van der Waals surface area contributed by atoms with Crippen molar-refractivity contribution in [1.29, 1.82) is 0 Å². The topological polar surface area (TPSA) is 72.6 Å². The van der Waals surface area contributed by atoms with E-state index in [0.29, 0.717) is 38.8 Å². The van der Waals surface area contributed by atoms with E-state index in [4.69, 9.17) is 10.5 Å². The number of carbonyl (C=O) groups excluding carboxylic acids is 2. The molecule has 4 rings (SSSR count). The predicted molar refractivity (Wildman–Crippen MR) is 132 cm³/mol. The van der Waals surface area contributed by atoms with E-state index in [1.165, 1.54) is 7.11 Å². The van der Waals surface area contributed by atoms with Gasteiger partial charge in [0.25, 0.3) is 0 Å². The first-order valence-corrected chi connectivity index (χ1v) is 12.2. The average molecular weight is 463 g/mol. The lowest BCUT2D eigenvalue weighted by Gasteiger charge is -2.40. The summed E-state index contributed by atoms with van der Waals surface area (Å²) in [7, 11) is 1.44. The Bertz CT molecular complexity index is 1060. The third-order valence-corrected chi connectivity index (χ3v) is 7.47. The summed E-state index contributed by atoms with van der Waals surface area (Å²) in [5.74, 6) is -0.251. The summed E-state index contributed by atoms with van der Waals surface area (Å²) >= 11 is 1.61. The minimum Gasteiger partial charge on any atom is -0.469 e. The fourth-order valence-electron chi connectivity index (χ4n) is 4.63. The molecule has 1 saturated heterocycles. The number of thiophene rings is 1. The molecule has 33 heavy (non-hydrogen) atoms. The van der Waals surface area contributed by atoms with Gasteiger partial charge in [-0.2, -0.15) is 0 Å². The Morgan fingerprint density at radius 2 is 1.67 bits per heavy atom. The second-order valence-electron chi connectivity index (χ2n) is 8.73. The Morgan fingerprint density at radius 1 is 1.00 bits per heavy atom. The van der Waals surface area contributed by atoms with Crippen LogP contribution in [0.1, 0.15) is 23.3 Å². The third kappa shape index (κ3) is 5.34. The first kappa shape index (κ1) is 23.2.